The Morgan fingerprint density at radius 1 is 0.877 bits per heavy atom. The number of urea groups is 1. The van der Waals surface area contributed by atoms with Gasteiger partial charge < -0.3 is 52.6 Å². The van der Waals surface area contributed by atoms with Gasteiger partial charge in [0, 0.05) is 86.5 Å². The average Bonchev–Trinajstić information content (AvgIpc) is 3.65. The monoisotopic (exact) mass is 1120 g/mol. The minimum atomic E-state index is -1.06. The highest BCUT2D eigenvalue weighted by atomic mass is 16.6. The van der Waals surface area contributed by atoms with Crippen LogP contribution in [-0.2, 0) is 53.1 Å². The van der Waals surface area contributed by atoms with Gasteiger partial charge in [0.05, 0.1) is 30.0 Å². The number of carbonyl (C=O) groups excluding carboxylic acids is 9. The number of hydrogen-bond donors (Lipinski definition) is 7. The topological polar surface area (TPSA) is 310 Å². The molecule has 1 fully saturated rings. The van der Waals surface area contributed by atoms with E-state index in [1.807, 2.05) is 39.5 Å². The summed E-state index contributed by atoms with van der Waals surface area (Å²) >= 11 is 0. The van der Waals surface area contributed by atoms with Crippen LogP contribution in [0.3, 0.4) is 0 Å². The fourth-order valence-corrected chi connectivity index (χ4v) is 9.89. The molecule has 81 heavy (non-hydrogen) atoms. The second-order valence-corrected chi connectivity index (χ2v) is 22.3. The molecule has 3 aliphatic heterocycles. The highest BCUT2D eigenvalue weighted by molar-refractivity contribution is 6.08. The zero-order valence-electron chi connectivity index (χ0n) is 47.8. The first-order valence-corrected chi connectivity index (χ1v) is 28.1. The summed E-state index contributed by atoms with van der Waals surface area (Å²) in [5.74, 6) is -2.70. The van der Waals surface area contributed by atoms with E-state index in [0.29, 0.717) is 91.2 Å². The smallest absolute Gasteiger partial charge is 0.410 e. The molecule has 2 aromatic carbocycles. The standard InChI is InChI=1S/C59H80N12O10/c1-8-24-69(25-9-2)55(77)40-28-38-18-19-39(30-47(38)66-48(60)31-40)52(74)65-43-29-41-34-70(27-22-45(41)63-33-43)58(80)81-35-37-16-20-42(21-17-37)64-53(75)46(14-13-23-62-57(61)79)67-54(76)51(36(3)4)68-49(72)15-11-10-12-26-71-50(73)32-44(56(71)78)59(5,6)7/h16-21,28-30,33,36,44,46,51H,8-15,22-27,31-32,34-35H2,1-7H3,(H2,60,66)(H,64,75)(H,65,74)(H,67,76)(H,68,72)(H3,61,62,79)/t44?,46-,51-/m0/s1. The number of carbonyl (C=O) groups is 9. The number of likely N-dealkylation sites (tertiary alicyclic amines) is 1. The molecule has 1 saturated heterocycles. The Morgan fingerprint density at radius 2 is 1.60 bits per heavy atom. The lowest BCUT2D eigenvalue weighted by atomic mass is 9.80. The van der Waals surface area contributed by atoms with E-state index in [4.69, 9.17) is 16.2 Å². The third-order valence-electron chi connectivity index (χ3n) is 14.4. The van der Waals surface area contributed by atoms with Gasteiger partial charge in [0.1, 0.15) is 24.5 Å². The second kappa shape index (κ2) is 28.8. The third-order valence-corrected chi connectivity index (χ3v) is 14.4. The van der Waals surface area contributed by atoms with Crippen LogP contribution < -0.4 is 38.1 Å². The lowest BCUT2D eigenvalue weighted by molar-refractivity contribution is -0.140. The van der Waals surface area contributed by atoms with Crippen LogP contribution in [0.2, 0.25) is 0 Å². The molecule has 0 saturated carbocycles. The third kappa shape index (κ3) is 17.7. The van der Waals surface area contributed by atoms with Crippen molar-refractivity contribution in [3.63, 3.8) is 0 Å². The summed E-state index contributed by atoms with van der Waals surface area (Å²) in [6, 6.07) is 10.7. The Labute approximate surface area is 474 Å². The number of aliphatic imine (C=N–C) groups is 1. The summed E-state index contributed by atoms with van der Waals surface area (Å²) in [6.07, 6.45) is 7.48. The van der Waals surface area contributed by atoms with Crippen LogP contribution in [0.25, 0.3) is 6.08 Å². The molecule has 1 unspecified atom stereocenters. The Bertz CT molecular complexity index is 2870. The number of hydrogen-bond acceptors (Lipinski definition) is 13. The van der Waals surface area contributed by atoms with E-state index in [9.17, 15) is 43.2 Å². The molecule has 0 bridgehead atoms. The zero-order valence-corrected chi connectivity index (χ0v) is 47.8. The van der Waals surface area contributed by atoms with Gasteiger partial charge in [0.25, 0.3) is 5.91 Å². The number of nitrogens with zero attached hydrogens (tertiary/aromatic N) is 5. The van der Waals surface area contributed by atoms with E-state index < -0.39 is 41.9 Å². The number of primary amides is 1. The molecular weight excluding hydrogens is 1040 g/mol. The molecule has 436 valence electrons. The molecule has 0 spiro atoms. The largest absolute Gasteiger partial charge is 0.445 e. The van der Waals surface area contributed by atoms with Crippen molar-refractivity contribution in [1.29, 1.82) is 0 Å². The molecule has 22 nitrogen and oxygen atoms in total. The van der Waals surface area contributed by atoms with Crippen molar-refractivity contribution < 1.29 is 47.9 Å². The molecule has 9 N–H and O–H groups in total. The Balaban J connectivity index is 0.982. The van der Waals surface area contributed by atoms with Gasteiger partial charge in [-0.2, -0.15) is 0 Å². The van der Waals surface area contributed by atoms with Crippen molar-refractivity contribution in [2.45, 2.75) is 144 Å². The number of ether oxygens (including phenoxy) is 1. The van der Waals surface area contributed by atoms with E-state index in [0.717, 1.165) is 24.1 Å². The molecule has 3 aliphatic rings. The van der Waals surface area contributed by atoms with Crippen LogP contribution in [-0.4, -0.2) is 124 Å². The van der Waals surface area contributed by atoms with Gasteiger partial charge in [-0.15, -0.1) is 0 Å². The number of nitrogens with one attached hydrogen (secondary N) is 5. The lowest BCUT2D eigenvalue weighted by Gasteiger charge is -2.28. The predicted octanol–water partition coefficient (Wildman–Crippen LogP) is 6.45. The minimum absolute atomic E-state index is 0.0721. The summed E-state index contributed by atoms with van der Waals surface area (Å²) in [6.45, 7) is 15.6. The van der Waals surface area contributed by atoms with E-state index in [1.165, 1.54) is 4.90 Å². The van der Waals surface area contributed by atoms with Crippen molar-refractivity contribution in [3.05, 3.63) is 88.2 Å². The van der Waals surface area contributed by atoms with Gasteiger partial charge in [0.15, 0.2) is 0 Å². The molecule has 22 heteroatoms. The summed E-state index contributed by atoms with van der Waals surface area (Å²) in [5, 5.41) is 13.8. The number of nitrogens with two attached hydrogens (primary N) is 2. The van der Waals surface area contributed by atoms with Crippen molar-refractivity contribution >= 4 is 82.4 Å². The fraction of sp³-hybridized carbons (Fsp3) is 0.508. The average molecular weight is 1120 g/mol. The molecular formula is C59H80N12O10. The lowest BCUT2D eigenvalue weighted by Crippen LogP contribution is -2.54. The normalized spacial score (nSPS) is 15.7. The zero-order chi connectivity index (χ0) is 59.0. The van der Waals surface area contributed by atoms with Crippen LogP contribution in [0.5, 0.6) is 0 Å². The first-order valence-electron chi connectivity index (χ1n) is 28.1. The van der Waals surface area contributed by atoms with Gasteiger partial charge in [0.2, 0.25) is 35.4 Å². The van der Waals surface area contributed by atoms with Gasteiger partial charge in [-0.3, -0.25) is 43.4 Å². The van der Waals surface area contributed by atoms with E-state index in [1.54, 1.807) is 79.6 Å². The summed E-state index contributed by atoms with van der Waals surface area (Å²) < 4.78 is 5.69. The number of aromatic nitrogens is 1. The van der Waals surface area contributed by atoms with Crippen molar-refractivity contribution in [2.75, 3.05) is 43.4 Å². The van der Waals surface area contributed by atoms with Crippen molar-refractivity contribution in [2.24, 2.45) is 33.7 Å². The van der Waals surface area contributed by atoms with Gasteiger partial charge >= 0.3 is 12.1 Å². The molecule has 3 atom stereocenters. The number of pyridine rings is 1. The first kappa shape index (κ1) is 62.0. The predicted molar refractivity (Wildman–Crippen MR) is 307 cm³/mol. The Morgan fingerprint density at radius 3 is 2.27 bits per heavy atom. The molecule has 0 aliphatic carbocycles. The number of anilines is 2. The molecule has 0 radical (unpaired) electrons. The van der Waals surface area contributed by atoms with E-state index >= 15 is 0 Å². The van der Waals surface area contributed by atoms with Crippen LogP contribution in [0.1, 0.15) is 145 Å². The number of amides is 10. The summed E-state index contributed by atoms with van der Waals surface area (Å²) in [4.78, 5) is 131. The number of benzene rings is 2. The molecule has 3 aromatic rings. The first-order chi connectivity index (χ1) is 38.5. The molecule has 4 heterocycles. The van der Waals surface area contributed by atoms with Gasteiger partial charge in [-0.05, 0) is 97.4 Å². The van der Waals surface area contributed by atoms with Crippen LogP contribution in [0.15, 0.2) is 65.3 Å². The van der Waals surface area contributed by atoms with E-state index in [2.05, 4.69) is 36.6 Å². The van der Waals surface area contributed by atoms with Crippen LogP contribution in [0.4, 0.5) is 26.7 Å². The maximum absolute atomic E-state index is 13.7. The second-order valence-electron chi connectivity index (χ2n) is 22.3. The Kier molecular flexibility index (Phi) is 22.1. The summed E-state index contributed by atoms with van der Waals surface area (Å²) in [5.41, 5.74) is 16.2. The SMILES string of the molecule is CCCN(CCC)C(=O)C1=Cc2ccc(C(=O)Nc3cnc4c(c3)CN(C(=O)OCc3ccc(NC(=O)[C@H](CCCNC(N)=O)NC(=O)[C@@H](NC(=O)CCCCCN5C(=O)CC(C(C)(C)C)C5=O)C(C)C)cc3)CC4)cc2N=C(N)C1. The minimum Gasteiger partial charge on any atom is -0.445 e. The van der Waals surface area contributed by atoms with E-state index in [-0.39, 0.29) is 98.5 Å². The van der Waals surface area contributed by atoms with Gasteiger partial charge in [-0.25, -0.2) is 14.6 Å². The number of imide groups is 1. The highest BCUT2D eigenvalue weighted by Gasteiger charge is 2.44. The van der Waals surface area contributed by atoms with Crippen molar-refractivity contribution in [1.82, 2.24) is 35.6 Å². The fourth-order valence-electron chi connectivity index (χ4n) is 9.89. The van der Waals surface area contributed by atoms with Crippen LogP contribution in [0, 0.1) is 17.3 Å². The highest BCUT2D eigenvalue weighted by Crippen LogP contribution is 2.36. The molecule has 10 amide bonds. The Hall–Kier alpha value is -8.17. The number of fused-ring (bicyclic) bond motifs is 2. The van der Waals surface area contributed by atoms with Crippen LogP contribution >= 0.6 is 0 Å². The number of unbranched alkanes of at least 4 members (excludes halogenated alkanes) is 2. The number of rotatable bonds is 25. The maximum Gasteiger partial charge on any atom is 0.410 e. The number of amidine groups is 1. The van der Waals surface area contributed by atoms with Gasteiger partial charge in [-0.1, -0.05) is 73.1 Å². The summed E-state index contributed by atoms with van der Waals surface area (Å²) in [7, 11) is 0. The molecule has 1 aromatic heterocycles. The quantitative estimate of drug-likeness (QED) is 0.0356. The maximum atomic E-state index is 13.7. The van der Waals surface area contributed by atoms with Crippen molar-refractivity contribution in [3.8, 4) is 0 Å². The molecule has 6 rings (SSSR count).